The first kappa shape index (κ1) is 9.96. The van der Waals surface area contributed by atoms with Crippen LogP contribution in [0.25, 0.3) is 0 Å². The molecule has 1 rings (SSSR count). The fraction of sp³-hybridized carbons (Fsp3) is 0.875. The molecule has 1 fully saturated rings. The molecule has 0 unspecified atom stereocenters. The van der Waals surface area contributed by atoms with Gasteiger partial charge in [-0.15, -0.1) is 11.6 Å². The Bertz CT molecular complexity index is 179. The first-order valence-electron chi connectivity index (χ1n) is 3.93. The number of halogens is 1. The molecule has 0 spiro atoms. The smallest absolute Gasteiger partial charge is 0.163 e. The normalized spacial score (nSPS) is 27.4. The van der Waals surface area contributed by atoms with E-state index >= 15 is 0 Å². The maximum atomic E-state index is 10.9. The van der Waals surface area contributed by atoms with E-state index in [-0.39, 0.29) is 17.8 Å². The van der Waals surface area contributed by atoms with Crippen molar-refractivity contribution in [1.82, 2.24) is 0 Å². The predicted octanol–water partition coefficient (Wildman–Crippen LogP) is 1.34. The summed E-state index contributed by atoms with van der Waals surface area (Å²) >= 11 is 5.36. The lowest BCUT2D eigenvalue weighted by molar-refractivity contribution is -0.141. The molecule has 1 atom stereocenters. The number of hydrogen-bond donors (Lipinski definition) is 0. The van der Waals surface area contributed by atoms with Crippen LogP contribution in [0.5, 0.6) is 0 Å². The molecule has 1 heterocycles. The van der Waals surface area contributed by atoms with Crippen LogP contribution in [-0.2, 0) is 14.3 Å². The molecule has 1 saturated heterocycles. The zero-order valence-electron chi connectivity index (χ0n) is 7.30. The minimum atomic E-state index is -0.544. The van der Waals surface area contributed by atoms with Crippen LogP contribution in [0.4, 0.5) is 0 Å². The zero-order chi connectivity index (χ0) is 9.19. The lowest BCUT2D eigenvalue weighted by Crippen LogP contribution is -2.23. The van der Waals surface area contributed by atoms with Crippen LogP contribution in [-0.4, -0.2) is 30.2 Å². The number of rotatable bonds is 3. The maximum absolute atomic E-state index is 10.9. The molecule has 0 aromatic carbocycles. The van der Waals surface area contributed by atoms with Gasteiger partial charge in [0.2, 0.25) is 0 Å². The molecule has 0 aromatic heterocycles. The summed E-state index contributed by atoms with van der Waals surface area (Å²) in [5.74, 6) is -0.486. The fourth-order valence-corrected chi connectivity index (χ4v) is 1.28. The van der Waals surface area contributed by atoms with Crippen molar-refractivity contribution in [2.24, 2.45) is 0 Å². The topological polar surface area (TPSA) is 35.5 Å². The highest BCUT2D eigenvalue weighted by Gasteiger charge is 2.33. The Kier molecular flexibility index (Phi) is 3.09. The average molecular weight is 193 g/mol. The van der Waals surface area contributed by atoms with Crippen molar-refractivity contribution in [3.05, 3.63) is 0 Å². The van der Waals surface area contributed by atoms with Gasteiger partial charge in [-0.25, -0.2) is 0 Å². The zero-order valence-corrected chi connectivity index (χ0v) is 8.06. The van der Waals surface area contributed by atoms with Crippen LogP contribution in [0.15, 0.2) is 0 Å². The van der Waals surface area contributed by atoms with Gasteiger partial charge in [0, 0.05) is 6.42 Å². The van der Waals surface area contributed by atoms with E-state index in [1.807, 2.05) is 13.8 Å². The summed E-state index contributed by atoms with van der Waals surface area (Å²) in [7, 11) is 0. The number of alkyl halides is 1. The van der Waals surface area contributed by atoms with Gasteiger partial charge in [0.1, 0.15) is 5.78 Å². The molecule has 1 aliphatic rings. The monoisotopic (exact) mass is 192 g/mol. The Balaban J connectivity index is 2.33. The molecule has 0 aliphatic carbocycles. The van der Waals surface area contributed by atoms with E-state index in [0.717, 1.165) is 0 Å². The molecule has 3 nitrogen and oxygen atoms in total. The van der Waals surface area contributed by atoms with Crippen molar-refractivity contribution < 1.29 is 14.3 Å². The molecule has 12 heavy (non-hydrogen) atoms. The van der Waals surface area contributed by atoms with E-state index < -0.39 is 5.79 Å². The number of Topliss-reactive ketones (excluding diaryl/α,β-unsaturated/α-hetero) is 1. The Morgan fingerprint density at radius 1 is 1.67 bits per heavy atom. The first-order chi connectivity index (χ1) is 5.53. The van der Waals surface area contributed by atoms with Crippen LogP contribution < -0.4 is 0 Å². The van der Waals surface area contributed by atoms with Gasteiger partial charge in [0.15, 0.2) is 5.79 Å². The Morgan fingerprint density at radius 2 is 2.33 bits per heavy atom. The minimum absolute atomic E-state index is 0.00275. The average Bonchev–Trinajstić information content (AvgIpc) is 2.30. The number of ether oxygens (including phenoxy) is 2. The second-order valence-electron chi connectivity index (χ2n) is 3.33. The second kappa shape index (κ2) is 3.73. The van der Waals surface area contributed by atoms with E-state index in [1.54, 1.807) is 0 Å². The van der Waals surface area contributed by atoms with Crippen LogP contribution in [0.1, 0.15) is 20.3 Å². The molecule has 0 saturated carbocycles. The molecular formula is C8H13ClO3. The first-order valence-corrected chi connectivity index (χ1v) is 4.46. The quantitative estimate of drug-likeness (QED) is 0.633. The van der Waals surface area contributed by atoms with Crippen LogP contribution in [0.2, 0.25) is 0 Å². The second-order valence-corrected chi connectivity index (χ2v) is 3.59. The van der Waals surface area contributed by atoms with Crippen molar-refractivity contribution in [3.8, 4) is 0 Å². The van der Waals surface area contributed by atoms with Crippen LogP contribution in [0.3, 0.4) is 0 Å². The summed E-state index contributed by atoms with van der Waals surface area (Å²) in [6, 6.07) is 0. The number of hydrogen-bond acceptors (Lipinski definition) is 3. The predicted molar refractivity (Wildman–Crippen MR) is 45.2 cm³/mol. The van der Waals surface area contributed by atoms with Crippen molar-refractivity contribution in [2.45, 2.75) is 32.2 Å². The molecule has 0 N–H and O–H groups in total. The molecule has 0 aromatic rings. The molecule has 0 amide bonds. The molecule has 0 radical (unpaired) electrons. The SMILES string of the molecule is CC1(C)OC[C@H](CC(=O)CCl)O1. The van der Waals surface area contributed by atoms with Crippen LogP contribution in [0, 0.1) is 0 Å². The summed E-state index contributed by atoms with van der Waals surface area (Å²) in [4.78, 5) is 10.9. The van der Waals surface area contributed by atoms with Gasteiger partial charge in [-0.05, 0) is 13.8 Å². The van der Waals surface area contributed by atoms with Gasteiger partial charge >= 0.3 is 0 Å². The van der Waals surface area contributed by atoms with E-state index in [4.69, 9.17) is 21.1 Å². The van der Waals surface area contributed by atoms with Gasteiger partial charge in [0.25, 0.3) is 0 Å². The summed E-state index contributed by atoms with van der Waals surface area (Å²) < 4.78 is 10.7. The molecule has 0 bridgehead atoms. The van der Waals surface area contributed by atoms with Gasteiger partial charge in [-0.2, -0.15) is 0 Å². The van der Waals surface area contributed by atoms with Crippen molar-refractivity contribution in [1.29, 1.82) is 0 Å². The molecule has 70 valence electrons. The fourth-order valence-electron chi connectivity index (χ4n) is 1.17. The number of carbonyl (C=O) groups is 1. The standard InChI is InChI=1S/C8H13ClO3/c1-8(2)11-5-7(12-8)3-6(10)4-9/h7H,3-5H2,1-2H3/t7-/m0/s1. The van der Waals surface area contributed by atoms with Crippen molar-refractivity contribution in [2.75, 3.05) is 12.5 Å². The van der Waals surface area contributed by atoms with Gasteiger partial charge in [-0.3, -0.25) is 4.79 Å². The summed E-state index contributed by atoms with van der Waals surface area (Å²) in [5.41, 5.74) is 0. The number of carbonyl (C=O) groups excluding carboxylic acids is 1. The third-order valence-corrected chi connectivity index (χ3v) is 1.97. The highest BCUT2D eigenvalue weighted by atomic mass is 35.5. The third kappa shape index (κ3) is 2.73. The largest absolute Gasteiger partial charge is 0.348 e. The maximum Gasteiger partial charge on any atom is 0.163 e. The lowest BCUT2D eigenvalue weighted by atomic mass is 10.2. The summed E-state index contributed by atoms with van der Waals surface area (Å²) in [6.45, 7) is 4.14. The highest BCUT2D eigenvalue weighted by Crippen LogP contribution is 2.24. The van der Waals surface area contributed by atoms with E-state index in [0.29, 0.717) is 13.0 Å². The molecular weight excluding hydrogens is 180 g/mol. The van der Waals surface area contributed by atoms with Gasteiger partial charge in [-0.1, -0.05) is 0 Å². The lowest BCUT2D eigenvalue weighted by Gasteiger charge is -2.16. The minimum Gasteiger partial charge on any atom is -0.348 e. The summed E-state index contributed by atoms with van der Waals surface area (Å²) in [5, 5.41) is 0. The van der Waals surface area contributed by atoms with Crippen LogP contribution >= 0.6 is 11.6 Å². The number of ketones is 1. The van der Waals surface area contributed by atoms with Crippen molar-refractivity contribution in [3.63, 3.8) is 0 Å². The highest BCUT2D eigenvalue weighted by molar-refractivity contribution is 6.27. The Hall–Kier alpha value is -0.120. The third-order valence-electron chi connectivity index (χ3n) is 1.67. The Labute approximate surface area is 77.0 Å². The molecule has 1 aliphatic heterocycles. The van der Waals surface area contributed by atoms with Gasteiger partial charge < -0.3 is 9.47 Å². The van der Waals surface area contributed by atoms with Crippen molar-refractivity contribution >= 4 is 17.4 Å². The van der Waals surface area contributed by atoms with Gasteiger partial charge in [0.05, 0.1) is 18.6 Å². The van der Waals surface area contributed by atoms with E-state index in [1.165, 1.54) is 0 Å². The summed E-state index contributed by atoms with van der Waals surface area (Å²) in [6.07, 6.45) is 0.235. The van der Waals surface area contributed by atoms with E-state index in [2.05, 4.69) is 0 Å². The Morgan fingerprint density at radius 3 is 2.75 bits per heavy atom. The van der Waals surface area contributed by atoms with E-state index in [9.17, 15) is 4.79 Å². The molecule has 4 heteroatoms.